The summed E-state index contributed by atoms with van der Waals surface area (Å²) in [6.07, 6.45) is -0.422. The third-order valence-electron chi connectivity index (χ3n) is 3.23. The standard InChI is InChI=1S/C18H29N3O4.HI/c1-5-19-18(20-10-9-17(23)24-4)21-12-16(22)14-7-6-8-15(11-14)25-13(2)3;/h6-8,11,13,16,22H,5,9-10,12H2,1-4H3,(H2,19,20,21);1H. The molecule has 1 atom stereocenters. The largest absolute Gasteiger partial charge is 0.491 e. The van der Waals surface area contributed by atoms with Gasteiger partial charge in [0.1, 0.15) is 5.75 Å². The maximum Gasteiger partial charge on any atom is 0.307 e. The van der Waals surface area contributed by atoms with Crippen molar-refractivity contribution in [3.05, 3.63) is 29.8 Å². The molecule has 1 aromatic rings. The van der Waals surface area contributed by atoms with Gasteiger partial charge in [-0.25, -0.2) is 0 Å². The first-order valence-corrected chi connectivity index (χ1v) is 8.50. The van der Waals surface area contributed by atoms with Gasteiger partial charge in [0.25, 0.3) is 0 Å². The van der Waals surface area contributed by atoms with Gasteiger partial charge in [0.15, 0.2) is 5.96 Å². The maximum atomic E-state index is 11.1. The summed E-state index contributed by atoms with van der Waals surface area (Å²) in [4.78, 5) is 15.5. The van der Waals surface area contributed by atoms with Crippen LogP contribution in [0.2, 0.25) is 0 Å². The average Bonchev–Trinajstić information content (AvgIpc) is 2.58. The number of methoxy groups -OCH3 is 1. The molecule has 1 rings (SSSR count). The number of aliphatic hydroxyl groups is 1. The van der Waals surface area contributed by atoms with Crippen LogP contribution in [-0.2, 0) is 9.53 Å². The molecule has 1 unspecified atom stereocenters. The minimum absolute atomic E-state index is 0. The Kier molecular flexibility index (Phi) is 12.8. The Morgan fingerprint density at radius 1 is 1.31 bits per heavy atom. The van der Waals surface area contributed by atoms with Crippen molar-refractivity contribution in [1.29, 1.82) is 0 Å². The zero-order valence-electron chi connectivity index (χ0n) is 15.8. The molecule has 0 aliphatic rings. The molecule has 3 N–H and O–H groups in total. The van der Waals surface area contributed by atoms with E-state index in [0.717, 1.165) is 11.3 Å². The molecule has 0 fully saturated rings. The minimum atomic E-state index is -0.744. The molecule has 0 aliphatic carbocycles. The number of nitrogens with zero attached hydrogens (tertiary/aromatic N) is 1. The Balaban J connectivity index is 0.00000625. The number of carbonyl (C=O) groups is 1. The molecule has 0 aromatic heterocycles. The van der Waals surface area contributed by atoms with Crippen LogP contribution in [0.15, 0.2) is 29.3 Å². The van der Waals surface area contributed by atoms with Crippen molar-refractivity contribution < 1.29 is 19.4 Å². The minimum Gasteiger partial charge on any atom is -0.491 e. The number of aliphatic imine (C=N–C) groups is 1. The van der Waals surface area contributed by atoms with Crippen molar-refractivity contribution in [3.8, 4) is 5.75 Å². The third kappa shape index (κ3) is 9.81. The van der Waals surface area contributed by atoms with Crippen molar-refractivity contribution in [2.75, 3.05) is 26.7 Å². The number of guanidine groups is 1. The van der Waals surface area contributed by atoms with Crippen LogP contribution in [0.1, 0.15) is 38.9 Å². The van der Waals surface area contributed by atoms with Crippen LogP contribution >= 0.6 is 24.0 Å². The highest BCUT2D eigenvalue weighted by Crippen LogP contribution is 2.20. The predicted octanol–water partition coefficient (Wildman–Crippen LogP) is 2.24. The molecular weight excluding hydrogens is 449 g/mol. The van der Waals surface area contributed by atoms with Gasteiger partial charge in [-0.05, 0) is 38.5 Å². The van der Waals surface area contributed by atoms with Gasteiger partial charge in [-0.1, -0.05) is 12.1 Å². The fraction of sp³-hybridized carbons (Fsp3) is 0.556. The Hall–Kier alpha value is -1.55. The Labute approximate surface area is 172 Å². The third-order valence-corrected chi connectivity index (χ3v) is 3.23. The van der Waals surface area contributed by atoms with Crippen LogP contribution in [-0.4, -0.2) is 49.9 Å². The summed E-state index contributed by atoms with van der Waals surface area (Å²) in [5, 5.41) is 16.5. The zero-order valence-corrected chi connectivity index (χ0v) is 18.2. The second-order valence-corrected chi connectivity index (χ2v) is 5.73. The van der Waals surface area contributed by atoms with Gasteiger partial charge in [-0.3, -0.25) is 9.79 Å². The SMILES string of the molecule is CCNC(=NCC(O)c1cccc(OC(C)C)c1)NCCC(=O)OC.I. The number of nitrogens with one attached hydrogen (secondary N) is 2. The molecule has 148 valence electrons. The Bertz CT molecular complexity index is 567. The smallest absolute Gasteiger partial charge is 0.307 e. The number of halogens is 1. The fourth-order valence-corrected chi connectivity index (χ4v) is 2.08. The fourth-order valence-electron chi connectivity index (χ4n) is 2.08. The van der Waals surface area contributed by atoms with Crippen LogP contribution in [0.4, 0.5) is 0 Å². The molecule has 8 heteroatoms. The van der Waals surface area contributed by atoms with Crippen molar-refractivity contribution in [2.45, 2.75) is 39.4 Å². The van der Waals surface area contributed by atoms with Crippen LogP contribution in [0.5, 0.6) is 5.75 Å². The molecule has 0 aliphatic heterocycles. The van der Waals surface area contributed by atoms with Crippen molar-refractivity contribution >= 4 is 35.9 Å². The summed E-state index contributed by atoms with van der Waals surface area (Å²) in [5.41, 5.74) is 0.743. The van der Waals surface area contributed by atoms with Gasteiger partial charge in [0.05, 0.1) is 32.3 Å². The summed E-state index contributed by atoms with van der Waals surface area (Å²) in [7, 11) is 1.36. The topological polar surface area (TPSA) is 92.2 Å². The Morgan fingerprint density at radius 3 is 2.65 bits per heavy atom. The van der Waals surface area contributed by atoms with E-state index in [4.69, 9.17) is 4.74 Å². The lowest BCUT2D eigenvalue weighted by molar-refractivity contribution is -0.140. The lowest BCUT2D eigenvalue weighted by Crippen LogP contribution is -2.38. The van der Waals surface area contributed by atoms with Crippen LogP contribution in [0.25, 0.3) is 0 Å². The van der Waals surface area contributed by atoms with E-state index < -0.39 is 6.10 Å². The van der Waals surface area contributed by atoms with E-state index in [1.807, 2.05) is 45.0 Å². The molecule has 0 bridgehead atoms. The van der Waals surface area contributed by atoms with E-state index in [1.165, 1.54) is 7.11 Å². The number of esters is 1. The van der Waals surface area contributed by atoms with Crippen molar-refractivity contribution in [1.82, 2.24) is 10.6 Å². The van der Waals surface area contributed by atoms with E-state index in [-0.39, 0.29) is 49.0 Å². The number of rotatable bonds is 9. The molecule has 0 radical (unpaired) electrons. The summed E-state index contributed by atoms with van der Waals surface area (Å²) < 4.78 is 10.2. The predicted molar refractivity (Wildman–Crippen MR) is 113 cm³/mol. The second kappa shape index (κ2) is 13.6. The highest BCUT2D eigenvalue weighted by molar-refractivity contribution is 14.0. The molecule has 0 saturated heterocycles. The van der Waals surface area contributed by atoms with E-state index in [1.54, 1.807) is 0 Å². The quantitative estimate of drug-likeness (QED) is 0.218. The first-order chi connectivity index (χ1) is 12.0. The lowest BCUT2D eigenvalue weighted by atomic mass is 10.1. The number of carbonyl (C=O) groups excluding carboxylic acids is 1. The molecule has 26 heavy (non-hydrogen) atoms. The molecule has 0 spiro atoms. The van der Waals surface area contributed by atoms with Gasteiger partial charge < -0.3 is 25.2 Å². The second-order valence-electron chi connectivity index (χ2n) is 5.73. The summed E-state index contributed by atoms with van der Waals surface area (Å²) in [5.74, 6) is 0.976. The molecular formula is C18H30IN3O4. The first-order valence-electron chi connectivity index (χ1n) is 8.50. The Morgan fingerprint density at radius 2 is 2.04 bits per heavy atom. The van der Waals surface area contributed by atoms with Crippen LogP contribution < -0.4 is 15.4 Å². The number of aliphatic hydroxyl groups excluding tert-OH is 1. The van der Waals surface area contributed by atoms with Gasteiger partial charge in [-0.15, -0.1) is 24.0 Å². The van der Waals surface area contributed by atoms with Crippen LogP contribution in [0.3, 0.4) is 0 Å². The number of ether oxygens (including phenoxy) is 2. The molecule has 7 nitrogen and oxygen atoms in total. The highest BCUT2D eigenvalue weighted by atomic mass is 127. The normalized spacial score (nSPS) is 12.2. The highest BCUT2D eigenvalue weighted by Gasteiger charge is 2.10. The lowest BCUT2D eigenvalue weighted by Gasteiger charge is -2.15. The average molecular weight is 479 g/mol. The summed E-state index contributed by atoms with van der Waals surface area (Å²) in [6, 6.07) is 7.36. The van der Waals surface area contributed by atoms with Crippen LogP contribution in [0, 0.1) is 0 Å². The molecule has 0 heterocycles. The summed E-state index contributed by atoms with van der Waals surface area (Å²) in [6.45, 7) is 7.13. The molecule has 1 aromatic carbocycles. The van der Waals surface area contributed by atoms with Gasteiger partial charge in [0.2, 0.25) is 0 Å². The van der Waals surface area contributed by atoms with Gasteiger partial charge >= 0.3 is 5.97 Å². The van der Waals surface area contributed by atoms with E-state index in [9.17, 15) is 9.90 Å². The number of benzene rings is 1. The van der Waals surface area contributed by atoms with Crippen molar-refractivity contribution in [3.63, 3.8) is 0 Å². The van der Waals surface area contributed by atoms with E-state index >= 15 is 0 Å². The first kappa shape index (κ1) is 24.5. The van der Waals surface area contributed by atoms with Gasteiger partial charge in [0, 0.05) is 13.1 Å². The molecule has 0 amide bonds. The van der Waals surface area contributed by atoms with E-state index in [2.05, 4.69) is 20.4 Å². The van der Waals surface area contributed by atoms with Crippen molar-refractivity contribution in [2.24, 2.45) is 4.99 Å². The zero-order chi connectivity index (χ0) is 18.7. The summed E-state index contributed by atoms with van der Waals surface area (Å²) >= 11 is 0. The molecule has 0 saturated carbocycles. The number of hydrogen-bond acceptors (Lipinski definition) is 5. The maximum absolute atomic E-state index is 11.1. The van der Waals surface area contributed by atoms with Gasteiger partial charge in [-0.2, -0.15) is 0 Å². The number of hydrogen-bond donors (Lipinski definition) is 3. The monoisotopic (exact) mass is 479 g/mol. The van der Waals surface area contributed by atoms with E-state index in [0.29, 0.717) is 19.0 Å².